The molecule has 0 saturated heterocycles. The van der Waals surface area contributed by atoms with Gasteiger partial charge in [0.2, 0.25) is 0 Å². The molecule has 0 saturated carbocycles. The lowest BCUT2D eigenvalue weighted by atomic mass is 10.3. The van der Waals surface area contributed by atoms with E-state index in [-0.39, 0.29) is 13.4 Å². The molecule has 0 radical (unpaired) electrons. The first kappa shape index (κ1) is 36.1. The molecule has 0 aliphatic rings. The number of methoxy groups -OCH3 is 1. The van der Waals surface area contributed by atoms with Crippen molar-refractivity contribution in [2.45, 2.75) is 76.2 Å². The smallest absolute Gasteiger partial charge is 0.302 e. The van der Waals surface area contributed by atoms with E-state index < -0.39 is 0 Å². The predicted molar refractivity (Wildman–Crippen MR) is 92.7 cm³/mol. The Balaban J connectivity index is -0.0000000289. The molecule has 0 aliphatic carbocycles. The van der Waals surface area contributed by atoms with Gasteiger partial charge in [-0.25, -0.2) is 0 Å². The van der Waals surface area contributed by atoms with Crippen molar-refractivity contribution in [3.8, 4) is 0 Å². The van der Waals surface area contributed by atoms with E-state index in [9.17, 15) is 4.79 Å². The summed E-state index contributed by atoms with van der Waals surface area (Å²) in [6.45, 7) is 24.7. The highest BCUT2D eigenvalue weighted by molar-refractivity contribution is 5.65. The fourth-order valence-electron chi connectivity index (χ4n) is 0. The Labute approximate surface area is 124 Å². The summed E-state index contributed by atoms with van der Waals surface area (Å²) in [5.41, 5.74) is 2.42. The topological polar surface area (TPSA) is 26.3 Å². The molecule has 0 aromatic heterocycles. The first-order chi connectivity index (χ1) is 8.27. The molecule has 0 bridgehead atoms. The minimum atomic E-state index is -0.245. The molecule has 0 N–H and O–H groups in total. The van der Waals surface area contributed by atoms with Crippen molar-refractivity contribution in [1.82, 2.24) is 0 Å². The molecule has 0 aromatic carbocycles. The molecule has 0 heterocycles. The number of hydrogen-bond acceptors (Lipinski definition) is 2. The zero-order valence-corrected chi connectivity index (χ0v) is 14.4. The number of hydrogen-bond donors (Lipinski definition) is 0. The van der Waals surface area contributed by atoms with Crippen LogP contribution in [-0.4, -0.2) is 13.1 Å². The number of carbonyl (C=O) groups excluding carboxylic acids is 1. The van der Waals surface area contributed by atoms with Crippen LogP contribution in [0.2, 0.25) is 0 Å². The van der Waals surface area contributed by atoms with Gasteiger partial charge >= 0.3 is 5.97 Å². The van der Waals surface area contributed by atoms with Crippen molar-refractivity contribution in [3.05, 3.63) is 24.3 Å². The van der Waals surface area contributed by atoms with Crippen LogP contribution in [0.5, 0.6) is 0 Å². The number of carbonyl (C=O) groups is 1. The van der Waals surface area contributed by atoms with E-state index in [1.165, 1.54) is 25.2 Å². The van der Waals surface area contributed by atoms with E-state index in [2.05, 4.69) is 24.8 Å². The Morgan fingerprint density at radius 3 is 1.05 bits per heavy atom. The fourth-order valence-corrected chi connectivity index (χ4v) is 0. The van der Waals surface area contributed by atoms with Crippen LogP contribution in [0.1, 0.15) is 76.2 Å². The van der Waals surface area contributed by atoms with Gasteiger partial charge in [-0.05, 0) is 27.2 Å². The summed E-state index contributed by atoms with van der Waals surface area (Å²) in [6, 6.07) is 0. The predicted octanol–water partition coefficient (Wildman–Crippen LogP) is 6.42. The first-order valence-electron chi connectivity index (χ1n) is 6.58. The van der Waals surface area contributed by atoms with Crippen molar-refractivity contribution in [2.24, 2.45) is 0 Å². The van der Waals surface area contributed by atoms with Gasteiger partial charge in [0.05, 0.1) is 7.11 Å². The van der Waals surface area contributed by atoms with Crippen molar-refractivity contribution in [2.75, 3.05) is 7.11 Å². The molecular weight excluding hydrogens is 236 g/mol. The fraction of sp³-hybridized carbons (Fsp3) is 0.706. The summed E-state index contributed by atoms with van der Waals surface area (Å²) in [5, 5.41) is 0. The highest BCUT2D eigenvalue weighted by atomic mass is 16.5. The Morgan fingerprint density at radius 2 is 1.05 bits per heavy atom. The molecule has 120 valence electrons. The average Bonchev–Trinajstić information content (AvgIpc) is 2.34. The number of rotatable bonds is 1. The van der Waals surface area contributed by atoms with Crippen LogP contribution in [0, 0.1) is 0 Å². The van der Waals surface area contributed by atoms with E-state index in [1.54, 1.807) is 0 Å². The monoisotopic (exact) mass is 276 g/mol. The van der Waals surface area contributed by atoms with Gasteiger partial charge in [-0.1, -0.05) is 53.2 Å². The van der Waals surface area contributed by atoms with Crippen molar-refractivity contribution in [1.29, 1.82) is 0 Å². The SMILES string of the molecule is C.C=C(C)C.C=C(C)CC.CC.CC.COC(C)=O. The van der Waals surface area contributed by atoms with E-state index in [0.717, 1.165) is 6.42 Å². The second-order valence-corrected chi connectivity index (χ2v) is 3.21. The maximum atomic E-state index is 9.59. The summed E-state index contributed by atoms with van der Waals surface area (Å²) in [5.74, 6) is -0.245. The van der Waals surface area contributed by atoms with Gasteiger partial charge in [-0.2, -0.15) is 0 Å². The van der Waals surface area contributed by atoms with Crippen LogP contribution in [0.4, 0.5) is 0 Å². The second-order valence-electron chi connectivity index (χ2n) is 3.21. The average molecular weight is 277 g/mol. The quantitative estimate of drug-likeness (QED) is 0.408. The van der Waals surface area contributed by atoms with Crippen molar-refractivity contribution in [3.63, 3.8) is 0 Å². The molecule has 0 aromatic rings. The van der Waals surface area contributed by atoms with Crippen LogP contribution in [0.15, 0.2) is 24.3 Å². The Bertz CT molecular complexity index is 152. The van der Waals surface area contributed by atoms with Crippen molar-refractivity contribution >= 4 is 5.97 Å². The number of ether oxygens (including phenoxy) is 1. The molecular formula is C17H40O2. The van der Waals surface area contributed by atoms with Crippen LogP contribution in [0.25, 0.3) is 0 Å². The second kappa shape index (κ2) is 43.6. The molecule has 0 rings (SSSR count). The van der Waals surface area contributed by atoms with Crippen LogP contribution in [0.3, 0.4) is 0 Å². The standard InChI is InChI=1S/C5H10.C4H8.C3H6O2.2C2H6.CH4/c1-4-5(2)3;1-4(2)3;1-3(4)5-2;2*1-2;/h2,4H2,1,3H3;1H2,2-3H3;1-2H3;2*1-2H3;1H4. The lowest BCUT2D eigenvalue weighted by Gasteiger charge is -1.80. The van der Waals surface area contributed by atoms with Crippen LogP contribution in [-0.2, 0) is 9.53 Å². The minimum Gasteiger partial charge on any atom is -0.469 e. The number of esters is 1. The van der Waals surface area contributed by atoms with Crippen LogP contribution >= 0.6 is 0 Å². The molecule has 2 nitrogen and oxygen atoms in total. The van der Waals surface area contributed by atoms with E-state index >= 15 is 0 Å². The highest BCUT2D eigenvalue weighted by Gasteiger charge is 1.75. The maximum absolute atomic E-state index is 9.59. The lowest BCUT2D eigenvalue weighted by Crippen LogP contribution is -1.88. The third-order valence-electron chi connectivity index (χ3n) is 0.891. The molecule has 0 aliphatic heterocycles. The zero-order valence-electron chi connectivity index (χ0n) is 14.4. The van der Waals surface area contributed by atoms with Gasteiger partial charge in [0.1, 0.15) is 0 Å². The summed E-state index contributed by atoms with van der Waals surface area (Å²) < 4.78 is 4.11. The third kappa shape index (κ3) is 435. The normalized spacial score (nSPS) is 5.79. The zero-order chi connectivity index (χ0) is 16.1. The van der Waals surface area contributed by atoms with E-state index in [4.69, 9.17) is 0 Å². The van der Waals surface area contributed by atoms with E-state index in [0.29, 0.717) is 0 Å². The van der Waals surface area contributed by atoms with Gasteiger partial charge in [0.15, 0.2) is 0 Å². The molecule has 0 unspecified atom stereocenters. The third-order valence-corrected chi connectivity index (χ3v) is 0.891. The number of allylic oxidation sites excluding steroid dienone is 2. The van der Waals surface area contributed by atoms with Gasteiger partial charge in [-0.3, -0.25) is 4.79 Å². The Hall–Kier alpha value is -1.05. The van der Waals surface area contributed by atoms with Crippen molar-refractivity contribution < 1.29 is 9.53 Å². The maximum Gasteiger partial charge on any atom is 0.302 e. The first-order valence-corrected chi connectivity index (χ1v) is 6.58. The molecule has 0 atom stereocenters. The highest BCUT2D eigenvalue weighted by Crippen LogP contribution is 1.88. The Kier molecular flexibility index (Phi) is 82.8. The lowest BCUT2D eigenvalue weighted by molar-refractivity contribution is -0.137. The largest absolute Gasteiger partial charge is 0.469 e. The van der Waals surface area contributed by atoms with Crippen LogP contribution < -0.4 is 0 Å². The molecule has 0 fully saturated rings. The molecule has 2 heteroatoms. The summed E-state index contributed by atoms with van der Waals surface area (Å²) in [6.07, 6.45) is 1.11. The minimum absolute atomic E-state index is 0. The van der Waals surface area contributed by atoms with Gasteiger partial charge < -0.3 is 4.74 Å². The summed E-state index contributed by atoms with van der Waals surface area (Å²) in [4.78, 5) is 9.59. The Morgan fingerprint density at radius 1 is 0.947 bits per heavy atom. The molecule has 0 amide bonds. The summed E-state index contributed by atoms with van der Waals surface area (Å²) in [7, 11) is 1.35. The van der Waals surface area contributed by atoms with Gasteiger partial charge in [0, 0.05) is 6.92 Å². The molecule has 19 heavy (non-hydrogen) atoms. The molecule has 0 spiro atoms. The van der Waals surface area contributed by atoms with Gasteiger partial charge in [-0.15, -0.1) is 13.2 Å². The van der Waals surface area contributed by atoms with Gasteiger partial charge in [0.25, 0.3) is 0 Å². The summed E-state index contributed by atoms with van der Waals surface area (Å²) >= 11 is 0. The van der Waals surface area contributed by atoms with E-state index in [1.807, 2.05) is 48.5 Å².